The average Bonchev–Trinajstić information content (AvgIpc) is 3.34. The van der Waals surface area contributed by atoms with E-state index in [4.69, 9.17) is 14.2 Å². The minimum atomic E-state index is 0.394. The molecule has 0 aliphatic carbocycles. The van der Waals surface area contributed by atoms with Crippen LogP contribution >= 0.6 is 15.9 Å². The molecule has 0 aliphatic rings. The summed E-state index contributed by atoms with van der Waals surface area (Å²) < 4.78 is 19.9. The Morgan fingerprint density at radius 3 is 2.42 bits per heavy atom. The summed E-state index contributed by atoms with van der Waals surface area (Å²) in [5, 5.41) is 11.7. The maximum atomic E-state index is 5.98. The van der Waals surface area contributed by atoms with Gasteiger partial charge >= 0.3 is 0 Å². The Kier molecular flexibility index (Phi) is 10.2. The van der Waals surface area contributed by atoms with Gasteiger partial charge in [-0.2, -0.15) is 5.10 Å². The molecule has 0 radical (unpaired) electrons. The first-order valence-corrected chi connectivity index (χ1v) is 12.2. The van der Waals surface area contributed by atoms with Gasteiger partial charge in [0.25, 0.3) is 0 Å². The molecule has 0 N–H and O–H groups in total. The molecule has 3 rings (SSSR count). The number of nitrogens with zero attached hydrogens (tertiary/aromatic N) is 4. The van der Waals surface area contributed by atoms with Gasteiger partial charge in [-0.1, -0.05) is 38.3 Å². The van der Waals surface area contributed by atoms with Gasteiger partial charge in [0.05, 0.1) is 17.3 Å². The van der Waals surface area contributed by atoms with Crippen molar-refractivity contribution in [1.82, 2.24) is 14.9 Å². The van der Waals surface area contributed by atoms with E-state index in [2.05, 4.69) is 50.3 Å². The van der Waals surface area contributed by atoms with Crippen LogP contribution in [0.3, 0.4) is 0 Å². The summed E-state index contributed by atoms with van der Waals surface area (Å²) in [5.74, 6) is 2.13. The monoisotopic (exact) mass is 514 g/mol. The summed E-state index contributed by atoms with van der Waals surface area (Å²) in [7, 11) is 0. The number of hydrogen-bond acceptors (Lipinski definition) is 6. The molecule has 3 aromatic rings. The van der Waals surface area contributed by atoms with E-state index >= 15 is 0 Å². The first kappa shape index (κ1) is 24.8. The minimum absolute atomic E-state index is 0.394. The molecule has 0 saturated carbocycles. The molecule has 33 heavy (non-hydrogen) atoms. The van der Waals surface area contributed by atoms with E-state index in [9.17, 15) is 0 Å². The predicted octanol–water partition coefficient (Wildman–Crippen LogP) is 5.90. The van der Waals surface area contributed by atoms with Crippen molar-refractivity contribution in [3.8, 4) is 17.2 Å². The molecule has 1 heterocycles. The molecule has 0 bridgehead atoms. The van der Waals surface area contributed by atoms with E-state index in [0.717, 1.165) is 22.2 Å². The van der Waals surface area contributed by atoms with Crippen LogP contribution in [0, 0.1) is 0 Å². The Morgan fingerprint density at radius 1 is 0.939 bits per heavy atom. The average molecular weight is 515 g/mol. The Balaban J connectivity index is 1.51. The zero-order chi connectivity index (χ0) is 23.3. The molecule has 0 unspecified atom stereocenters. The highest BCUT2D eigenvalue weighted by molar-refractivity contribution is 9.10. The van der Waals surface area contributed by atoms with Gasteiger partial charge in [0.2, 0.25) is 0 Å². The van der Waals surface area contributed by atoms with Crippen molar-refractivity contribution in [1.29, 1.82) is 0 Å². The molecule has 7 nitrogen and oxygen atoms in total. The standard InChI is InChI=1S/C25H31BrN4O3/c1-3-5-6-7-8-20-9-11-22(12-10-20)32-13-14-33-25-23(26)15-21(16-24(25)31-4-2)17-29-30-18-27-28-19-30/h9-12,15-19H,3-8,13-14H2,1-2H3. The zero-order valence-electron chi connectivity index (χ0n) is 19.2. The van der Waals surface area contributed by atoms with Crippen molar-refractivity contribution in [3.63, 3.8) is 0 Å². The number of hydrogen-bond donors (Lipinski definition) is 0. The second-order valence-corrected chi connectivity index (χ2v) is 8.36. The number of halogens is 1. The quantitative estimate of drug-likeness (QED) is 0.197. The highest BCUT2D eigenvalue weighted by Gasteiger charge is 2.12. The number of aryl methyl sites for hydroxylation is 1. The molecule has 8 heteroatoms. The van der Waals surface area contributed by atoms with Crippen LogP contribution in [0.15, 0.2) is 58.6 Å². The summed E-state index contributed by atoms with van der Waals surface area (Å²) in [6.45, 7) is 5.53. The highest BCUT2D eigenvalue weighted by atomic mass is 79.9. The van der Waals surface area contributed by atoms with Crippen molar-refractivity contribution in [2.75, 3.05) is 19.8 Å². The molecule has 176 valence electrons. The molecule has 0 aliphatic heterocycles. The van der Waals surface area contributed by atoms with E-state index in [0.29, 0.717) is 31.3 Å². The maximum Gasteiger partial charge on any atom is 0.175 e. The Labute approximate surface area is 203 Å². The summed E-state index contributed by atoms with van der Waals surface area (Å²) >= 11 is 3.58. The van der Waals surface area contributed by atoms with Crippen molar-refractivity contribution in [2.45, 2.75) is 46.0 Å². The van der Waals surface area contributed by atoms with Crippen molar-refractivity contribution < 1.29 is 14.2 Å². The van der Waals surface area contributed by atoms with E-state index in [-0.39, 0.29) is 0 Å². The molecule has 0 spiro atoms. The number of benzene rings is 2. The van der Waals surface area contributed by atoms with Crippen LogP contribution in [-0.4, -0.2) is 40.9 Å². The largest absolute Gasteiger partial charge is 0.490 e. The van der Waals surface area contributed by atoms with Gasteiger partial charge in [-0.3, -0.25) is 0 Å². The number of unbranched alkanes of at least 4 members (excludes halogenated alkanes) is 3. The SMILES string of the molecule is CCCCCCc1ccc(OCCOc2c(Br)cc(C=Nn3cnnc3)cc2OCC)cc1. The lowest BCUT2D eigenvalue weighted by molar-refractivity contribution is 0.207. The van der Waals surface area contributed by atoms with Gasteiger partial charge in [-0.15, -0.1) is 10.2 Å². The molecular formula is C25H31BrN4O3. The van der Waals surface area contributed by atoms with Crippen LogP contribution in [0.5, 0.6) is 17.2 Å². The van der Waals surface area contributed by atoms with Crippen LogP contribution in [0.2, 0.25) is 0 Å². The molecule has 0 fully saturated rings. The third-order valence-corrected chi connectivity index (χ3v) is 5.51. The van der Waals surface area contributed by atoms with E-state index in [1.807, 2.05) is 31.2 Å². The van der Waals surface area contributed by atoms with Gasteiger partial charge in [0.1, 0.15) is 31.6 Å². The van der Waals surface area contributed by atoms with Gasteiger partial charge in [0, 0.05) is 0 Å². The van der Waals surface area contributed by atoms with Gasteiger partial charge in [-0.25, -0.2) is 4.68 Å². The minimum Gasteiger partial charge on any atom is -0.490 e. The van der Waals surface area contributed by atoms with Crippen molar-refractivity contribution in [2.24, 2.45) is 5.10 Å². The van der Waals surface area contributed by atoms with Gasteiger partial charge in [0.15, 0.2) is 11.5 Å². The second kappa shape index (κ2) is 13.6. The molecule has 1 aromatic heterocycles. The van der Waals surface area contributed by atoms with Crippen molar-refractivity contribution in [3.05, 3.63) is 64.7 Å². The second-order valence-electron chi connectivity index (χ2n) is 7.50. The molecule has 0 amide bonds. The Morgan fingerprint density at radius 2 is 1.70 bits per heavy atom. The van der Waals surface area contributed by atoms with Crippen molar-refractivity contribution >= 4 is 22.1 Å². The Hall–Kier alpha value is -2.87. The van der Waals surface area contributed by atoms with E-state index in [1.54, 1.807) is 6.21 Å². The fourth-order valence-corrected chi connectivity index (χ4v) is 3.84. The summed E-state index contributed by atoms with van der Waals surface area (Å²) in [6, 6.07) is 12.2. The van der Waals surface area contributed by atoms with Gasteiger partial charge in [-0.05, 0) is 71.1 Å². The first-order valence-electron chi connectivity index (χ1n) is 11.4. The molecule has 0 atom stereocenters. The third kappa shape index (κ3) is 8.20. The molecular weight excluding hydrogens is 484 g/mol. The first-order chi connectivity index (χ1) is 16.2. The van der Waals surface area contributed by atoms with Crippen LogP contribution in [0.4, 0.5) is 0 Å². The predicted molar refractivity (Wildman–Crippen MR) is 134 cm³/mol. The summed E-state index contributed by atoms with van der Waals surface area (Å²) in [5.41, 5.74) is 2.21. The number of ether oxygens (including phenoxy) is 3. The summed E-state index contributed by atoms with van der Waals surface area (Å²) in [4.78, 5) is 0. The molecule has 2 aromatic carbocycles. The van der Waals surface area contributed by atoms with Crippen LogP contribution in [0.25, 0.3) is 0 Å². The topological polar surface area (TPSA) is 70.8 Å². The lowest BCUT2D eigenvalue weighted by Crippen LogP contribution is -2.10. The van der Waals surface area contributed by atoms with Crippen LogP contribution in [-0.2, 0) is 6.42 Å². The van der Waals surface area contributed by atoms with Gasteiger partial charge < -0.3 is 14.2 Å². The molecule has 0 saturated heterocycles. The van der Waals surface area contributed by atoms with Crippen LogP contribution in [0.1, 0.15) is 50.7 Å². The van der Waals surface area contributed by atoms with E-state index < -0.39 is 0 Å². The maximum absolute atomic E-state index is 5.98. The third-order valence-electron chi connectivity index (χ3n) is 4.92. The fourth-order valence-electron chi connectivity index (χ4n) is 3.27. The Bertz CT molecular complexity index is 992. The zero-order valence-corrected chi connectivity index (χ0v) is 20.8. The number of aromatic nitrogens is 3. The number of rotatable bonds is 14. The van der Waals surface area contributed by atoms with E-state index in [1.165, 1.54) is 48.6 Å². The smallest absolute Gasteiger partial charge is 0.175 e. The fraction of sp³-hybridized carbons (Fsp3) is 0.400. The lowest BCUT2D eigenvalue weighted by Gasteiger charge is -2.15. The lowest BCUT2D eigenvalue weighted by atomic mass is 10.1. The summed E-state index contributed by atoms with van der Waals surface area (Å²) in [6.07, 6.45) is 11.0. The highest BCUT2D eigenvalue weighted by Crippen LogP contribution is 2.36. The van der Waals surface area contributed by atoms with Crippen LogP contribution < -0.4 is 14.2 Å². The normalized spacial score (nSPS) is 11.1.